The Balaban J connectivity index is 1.54. The number of rotatable bonds is 7. The number of thiophene rings is 1. The van der Waals surface area contributed by atoms with E-state index in [0.717, 1.165) is 6.04 Å². The lowest BCUT2D eigenvalue weighted by Crippen LogP contribution is -2.26. The minimum absolute atomic E-state index is 0.659. The number of nitrogens with one attached hydrogen (secondary N) is 1. The van der Waals surface area contributed by atoms with Crippen molar-refractivity contribution < 1.29 is 0 Å². The van der Waals surface area contributed by atoms with Crippen LogP contribution in [0.25, 0.3) is 0 Å². The molecule has 20 heavy (non-hydrogen) atoms. The third kappa shape index (κ3) is 3.65. The van der Waals surface area contributed by atoms with Crippen LogP contribution >= 0.6 is 11.3 Å². The van der Waals surface area contributed by atoms with E-state index < -0.39 is 0 Å². The van der Waals surface area contributed by atoms with Gasteiger partial charge in [0, 0.05) is 15.8 Å². The van der Waals surface area contributed by atoms with Crippen molar-refractivity contribution in [1.82, 2.24) is 5.32 Å². The first kappa shape index (κ1) is 14.6. The molecule has 2 fully saturated rings. The maximum atomic E-state index is 3.72. The average molecular weight is 292 g/mol. The topological polar surface area (TPSA) is 12.0 Å². The molecule has 1 aromatic heterocycles. The molecule has 112 valence electrons. The van der Waals surface area contributed by atoms with Crippen LogP contribution < -0.4 is 5.32 Å². The fraction of sp³-hybridized carbons (Fsp3) is 0.778. The van der Waals surface area contributed by atoms with Crippen molar-refractivity contribution in [3.8, 4) is 0 Å². The van der Waals surface area contributed by atoms with Gasteiger partial charge >= 0.3 is 0 Å². The van der Waals surface area contributed by atoms with Gasteiger partial charge in [-0.2, -0.15) is 0 Å². The van der Waals surface area contributed by atoms with E-state index in [1.807, 2.05) is 11.3 Å². The molecule has 0 saturated heterocycles. The molecule has 1 nitrogen and oxygen atoms in total. The van der Waals surface area contributed by atoms with E-state index in [1.165, 1.54) is 74.8 Å². The van der Waals surface area contributed by atoms with E-state index in [-0.39, 0.29) is 0 Å². The summed E-state index contributed by atoms with van der Waals surface area (Å²) in [6, 6.07) is 3.23. The van der Waals surface area contributed by atoms with Crippen LogP contribution in [0, 0.1) is 19.3 Å². The van der Waals surface area contributed by atoms with E-state index in [2.05, 4.69) is 25.2 Å². The minimum atomic E-state index is 0.659. The lowest BCUT2D eigenvalue weighted by molar-refractivity contribution is 0.245. The maximum Gasteiger partial charge on any atom is 0.00774 e. The predicted octanol–water partition coefficient (Wildman–Crippen LogP) is 5.00. The van der Waals surface area contributed by atoms with Crippen LogP contribution in [0.3, 0.4) is 0 Å². The molecule has 2 aliphatic carbocycles. The molecule has 2 saturated carbocycles. The zero-order chi connectivity index (χ0) is 14.0. The highest BCUT2D eigenvalue weighted by Crippen LogP contribution is 2.45. The molecule has 0 radical (unpaired) electrons. The molecule has 0 atom stereocenters. The molecule has 2 aliphatic rings. The van der Waals surface area contributed by atoms with Gasteiger partial charge in [0.15, 0.2) is 0 Å². The van der Waals surface area contributed by atoms with E-state index in [1.54, 1.807) is 4.88 Å². The van der Waals surface area contributed by atoms with Crippen LogP contribution in [0.15, 0.2) is 6.07 Å². The minimum Gasteiger partial charge on any atom is -0.314 e. The second kappa shape index (κ2) is 6.19. The molecule has 1 heterocycles. The van der Waals surface area contributed by atoms with Crippen LogP contribution in [0.1, 0.15) is 66.7 Å². The van der Waals surface area contributed by atoms with Crippen LogP contribution in [0.2, 0.25) is 0 Å². The Labute approximate surface area is 128 Å². The quantitative estimate of drug-likeness (QED) is 0.745. The number of hydrogen-bond donors (Lipinski definition) is 1. The molecule has 0 spiro atoms. The van der Waals surface area contributed by atoms with Crippen molar-refractivity contribution in [3.63, 3.8) is 0 Å². The molecule has 1 aromatic rings. The second-order valence-corrected chi connectivity index (χ2v) is 8.49. The molecular formula is C18H29NS. The monoisotopic (exact) mass is 291 g/mol. The van der Waals surface area contributed by atoms with Crippen molar-refractivity contribution in [2.75, 3.05) is 6.54 Å². The Morgan fingerprint density at radius 1 is 1.20 bits per heavy atom. The van der Waals surface area contributed by atoms with Gasteiger partial charge in [-0.3, -0.25) is 0 Å². The molecule has 0 aliphatic heterocycles. The summed E-state index contributed by atoms with van der Waals surface area (Å²) in [7, 11) is 0. The molecule has 2 heteroatoms. The Kier molecular flexibility index (Phi) is 4.52. The lowest BCUT2D eigenvalue weighted by Gasteiger charge is -2.29. The van der Waals surface area contributed by atoms with Gasteiger partial charge in [-0.1, -0.05) is 12.8 Å². The van der Waals surface area contributed by atoms with Gasteiger partial charge in [0.1, 0.15) is 0 Å². The molecule has 0 unspecified atom stereocenters. The fourth-order valence-electron chi connectivity index (χ4n) is 3.90. The summed E-state index contributed by atoms with van der Waals surface area (Å²) in [5, 5.41) is 3.72. The standard InChI is InChI=1S/C18H29NS/c1-14-13-15(2)20-17(14)7-10-18(8-3-4-9-18)11-12-19-16-5-6-16/h13,16,19H,3-12H2,1-2H3. The van der Waals surface area contributed by atoms with Crippen molar-refractivity contribution in [2.24, 2.45) is 5.41 Å². The van der Waals surface area contributed by atoms with E-state index >= 15 is 0 Å². The SMILES string of the molecule is Cc1cc(C)c(CCC2(CCNC3CC3)CCCC2)s1. The summed E-state index contributed by atoms with van der Waals surface area (Å²) in [5.41, 5.74) is 2.18. The van der Waals surface area contributed by atoms with Gasteiger partial charge in [-0.05, 0) is 82.4 Å². The summed E-state index contributed by atoms with van der Waals surface area (Å²) in [6.45, 7) is 5.79. The second-order valence-electron chi connectivity index (χ2n) is 7.15. The molecule has 0 aromatic carbocycles. The molecule has 3 rings (SSSR count). The van der Waals surface area contributed by atoms with Crippen molar-refractivity contribution in [3.05, 3.63) is 21.4 Å². The Hall–Kier alpha value is -0.340. The number of aryl methyl sites for hydroxylation is 3. The summed E-state index contributed by atoms with van der Waals surface area (Å²) in [4.78, 5) is 3.12. The molecule has 0 bridgehead atoms. The molecule has 0 amide bonds. The van der Waals surface area contributed by atoms with Gasteiger partial charge in [0.05, 0.1) is 0 Å². The Morgan fingerprint density at radius 2 is 1.95 bits per heavy atom. The van der Waals surface area contributed by atoms with Crippen molar-refractivity contribution in [1.29, 1.82) is 0 Å². The first-order chi connectivity index (χ1) is 9.67. The molecule has 1 N–H and O–H groups in total. The average Bonchev–Trinajstić information content (AvgIpc) is 3.01. The third-order valence-corrected chi connectivity index (χ3v) is 6.57. The van der Waals surface area contributed by atoms with E-state index in [9.17, 15) is 0 Å². The van der Waals surface area contributed by atoms with Crippen LogP contribution in [0.4, 0.5) is 0 Å². The number of hydrogen-bond acceptors (Lipinski definition) is 2. The zero-order valence-electron chi connectivity index (χ0n) is 13.1. The highest BCUT2D eigenvalue weighted by molar-refractivity contribution is 7.12. The smallest absolute Gasteiger partial charge is 0.00774 e. The van der Waals surface area contributed by atoms with Crippen molar-refractivity contribution in [2.45, 2.75) is 77.7 Å². The highest BCUT2D eigenvalue weighted by Gasteiger charge is 2.33. The largest absolute Gasteiger partial charge is 0.314 e. The van der Waals surface area contributed by atoms with Gasteiger partial charge < -0.3 is 5.32 Å². The maximum absolute atomic E-state index is 3.72. The lowest BCUT2D eigenvalue weighted by atomic mass is 9.78. The van der Waals surface area contributed by atoms with E-state index in [0.29, 0.717) is 5.41 Å². The normalized spacial score (nSPS) is 21.5. The summed E-state index contributed by atoms with van der Waals surface area (Å²) >= 11 is 2.02. The van der Waals surface area contributed by atoms with Crippen molar-refractivity contribution >= 4 is 11.3 Å². The first-order valence-corrected chi connectivity index (χ1v) is 9.28. The predicted molar refractivity (Wildman–Crippen MR) is 88.7 cm³/mol. The summed E-state index contributed by atoms with van der Waals surface area (Å²) < 4.78 is 0. The van der Waals surface area contributed by atoms with Crippen LogP contribution in [0.5, 0.6) is 0 Å². The third-order valence-electron chi connectivity index (χ3n) is 5.36. The van der Waals surface area contributed by atoms with Gasteiger partial charge in [-0.15, -0.1) is 11.3 Å². The van der Waals surface area contributed by atoms with Crippen LogP contribution in [-0.2, 0) is 6.42 Å². The van der Waals surface area contributed by atoms with E-state index in [4.69, 9.17) is 0 Å². The molecular weight excluding hydrogens is 262 g/mol. The Bertz CT molecular complexity index is 438. The first-order valence-electron chi connectivity index (χ1n) is 8.46. The van der Waals surface area contributed by atoms with Gasteiger partial charge in [0.2, 0.25) is 0 Å². The summed E-state index contributed by atoms with van der Waals surface area (Å²) in [5.74, 6) is 0. The highest BCUT2D eigenvalue weighted by atomic mass is 32.1. The summed E-state index contributed by atoms with van der Waals surface area (Å²) in [6.07, 6.45) is 12.9. The fourth-order valence-corrected chi connectivity index (χ4v) is 4.94. The Morgan fingerprint density at radius 3 is 2.55 bits per heavy atom. The van der Waals surface area contributed by atoms with Gasteiger partial charge in [-0.25, -0.2) is 0 Å². The van der Waals surface area contributed by atoms with Crippen LogP contribution in [-0.4, -0.2) is 12.6 Å². The zero-order valence-corrected chi connectivity index (χ0v) is 14.0. The van der Waals surface area contributed by atoms with Gasteiger partial charge in [0.25, 0.3) is 0 Å².